The third-order valence-corrected chi connectivity index (χ3v) is 8.99. The minimum Gasteiger partial charge on any atom is -0.497 e. The van der Waals surface area contributed by atoms with Crippen LogP contribution in [0.15, 0.2) is 140 Å². The summed E-state index contributed by atoms with van der Waals surface area (Å²) in [5, 5.41) is 12.2. The van der Waals surface area contributed by atoms with E-state index < -0.39 is 42.6 Å². The van der Waals surface area contributed by atoms with Crippen molar-refractivity contribution in [1.29, 1.82) is 0 Å². The number of carbonyl (C=O) groups excluding carboxylic acids is 1. The number of esters is 1. The number of carbonyl (C=O) groups is 1. The van der Waals surface area contributed by atoms with Crippen LogP contribution in [0.25, 0.3) is 0 Å². The Balaban J connectivity index is 1.37. The lowest BCUT2D eigenvalue weighted by Crippen LogP contribution is -2.67. The molecule has 5 aromatic rings. The van der Waals surface area contributed by atoms with Gasteiger partial charge in [-0.05, 0) is 58.7 Å². The average molecular weight is 705 g/mol. The second-order valence-corrected chi connectivity index (χ2v) is 12.5. The highest BCUT2D eigenvalue weighted by Crippen LogP contribution is 2.35. The molecule has 6 rings (SSSR count). The zero-order chi connectivity index (χ0) is 36.1. The summed E-state index contributed by atoms with van der Waals surface area (Å²) in [5.74, 6) is 0.824. The minimum atomic E-state index is -1.35. The lowest BCUT2D eigenvalue weighted by atomic mass is 9.83. The summed E-state index contributed by atoms with van der Waals surface area (Å²) in [4.78, 5) is 13.6. The third kappa shape index (κ3) is 9.64. The third-order valence-electron chi connectivity index (χ3n) is 8.99. The van der Waals surface area contributed by atoms with Gasteiger partial charge in [0.05, 0.1) is 46.2 Å². The Kier molecular flexibility index (Phi) is 13.0. The molecule has 5 aromatic carbocycles. The van der Waals surface area contributed by atoms with Crippen LogP contribution in [0.1, 0.15) is 32.6 Å². The van der Waals surface area contributed by atoms with E-state index in [1.54, 1.807) is 38.5 Å². The fraction of sp³-hybridized carbons (Fsp3) is 0.279. The summed E-state index contributed by atoms with van der Waals surface area (Å²) in [6, 6.07) is 43.1. The van der Waals surface area contributed by atoms with Crippen LogP contribution < -0.4 is 9.47 Å². The second kappa shape index (κ2) is 18.5. The molecule has 1 aliphatic rings. The SMILES string of the molecule is COc1ccc(CO[C@@H]2[C@@H](OCc3ccccc3)[C@H](OCc3ccc(OC)cc3)[C@@H](OCc3ccccc3)[C@@H](O)[C@H]2OC(=O)c2ccccc2)cc1. The highest BCUT2D eigenvalue weighted by atomic mass is 16.6. The minimum absolute atomic E-state index is 0.132. The Hall–Kier alpha value is -5.03. The number of aliphatic hydroxyl groups is 1. The monoisotopic (exact) mass is 704 g/mol. The van der Waals surface area contributed by atoms with E-state index in [0.717, 1.165) is 28.0 Å². The zero-order valence-electron chi connectivity index (χ0n) is 29.3. The molecule has 9 nitrogen and oxygen atoms in total. The van der Waals surface area contributed by atoms with Crippen LogP contribution in [0.3, 0.4) is 0 Å². The topological polar surface area (TPSA) is 102 Å². The van der Waals surface area contributed by atoms with Crippen LogP contribution in [-0.2, 0) is 50.1 Å². The first kappa shape index (κ1) is 36.8. The fourth-order valence-corrected chi connectivity index (χ4v) is 6.16. The molecule has 0 bridgehead atoms. The molecule has 0 unspecified atom stereocenters. The van der Waals surface area contributed by atoms with Crippen LogP contribution in [0.4, 0.5) is 0 Å². The predicted molar refractivity (Wildman–Crippen MR) is 195 cm³/mol. The molecule has 0 radical (unpaired) electrons. The standard InChI is InChI=1S/C43H44O9/c1-46-35-22-18-32(19-23-35)28-49-40-38(48-26-30-12-6-3-7-13-30)37(44)39(52-43(45)34-16-10-5-11-17-34)41(42(40)51-27-31-14-8-4-9-15-31)50-29-33-20-24-36(47-2)25-21-33/h3-25,37-42,44H,26-29H2,1-2H3/t37-,38+,39-,40-,41+,42+/m1/s1. The molecule has 0 saturated heterocycles. The van der Waals surface area contributed by atoms with E-state index in [9.17, 15) is 9.90 Å². The van der Waals surface area contributed by atoms with Crippen LogP contribution in [0.5, 0.6) is 11.5 Å². The van der Waals surface area contributed by atoms with E-state index >= 15 is 0 Å². The molecule has 9 heteroatoms. The van der Waals surface area contributed by atoms with Crippen LogP contribution >= 0.6 is 0 Å². The summed E-state index contributed by atoms with van der Waals surface area (Å²) < 4.78 is 43.4. The molecule has 0 amide bonds. The van der Waals surface area contributed by atoms with Gasteiger partial charge in [0, 0.05) is 0 Å². The van der Waals surface area contributed by atoms with Crippen molar-refractivity contribution in [2.45, 2.75) is 63.1 Å². The molecule has 6 atom stereocenters. The molecular weight excluding hydrogens is 660 g/mol. The van der Waals surface area contributed by atoms with E-state index in [2.05, 4.69) is 0 Å². The van der Waals surface area contributed by atoms with Crippen molar-refractivity contribution in [3.63, 3.8) is 0 Å². The molecule has 1 aliphatic carbocycles. The number of ether oxygens (including phenoxy) is 7. The zero-order valence-corrected chi connectivity index (χ0v) is 29.3. The van der Waals surface area contributed by atoms with Crippen molar-refractivity contribution in [1.82, 2.24) is 0 Å². The quantitative estimate of drug-likeness (QED) is 0.109. The lowest BCUT2D eigenvalue weighted by Gasteiger charge is -2.48. The van der Waals surface area contributed by atoms with Crippen molar-refractivity contribution < 1.29 is 43.1 Å². The van der Waals surface area contributed by atoms with Crippen LogP contribution in [0, 0.1) is 0 Å². The van der Waals surface area contributed by atoms with Gasteiger partial charge in [0.15, 0.2) is 6.10 Å². The number of methoxy groups -OCH3 is 2. The Morgan fingerprint density at radius 3 is 1.23 bits per heavy atom. The van der Waals surface area contributed by atoms with Crippen LogP contribution in [-0.4, -0.2) is 61.9 Å². The van der Waals surface area contributed by atoms with Gasteiger partial charge in [-0.25, -0.2) is 4.79 Å². The maximum atomic E-state index is 13.6. The van der Waals surface area contributed by atoms with Gasteiger partial charge in [0.25, 0.3) is 0 Å². The van der Waals surface area contributed by atoms with Gasteiger partial charge in [-0.2, -0.15) is 0 Å². The lowest BCUT2D eigenvalue weighted by molar-refractivity contribution is -0.273. The smallest absolute Gasteiger partial charge is 0.338 e. The number of aliphatic hydroxyl groups excluding tert-OH is 1. The van der Waals surface area contributed by atoms with Crippen molar-refractivity contribution in [2.24, 2.45) is 0 Å². The van der Waals surface area contributed by atoms with E-state index in [1.165, 1.54) is 0 Å². The summed E-state index contributed by atoms with van der Waals surface area (Å²) >= 11 is 0. The van der Waals surface area contributed by atoms with E-state index in [1.807, 2.05) is 115 Å². The molecule has 0 aliphatic heterocycles. The molecule has 0 heterocycles. The van der Waals surface area contributed by atoms with Gasteiger partial charge in [0.2, 0.25) is 0 Å². The highest BCUT2D eigenvalue weighted by molar-refractivity contribution is 5.89. The number of hydrogen-bond acceptors (Lipinski definition) is 9. The molecule has 1 saturated carbocycles. The highest BCUT2D eigenvalue weighted by Gasteiger charge is 2.55. The van der Waals surface area contributed by atoms with Gasteiger partial charge >= 0.3 is 5.97 Å². The molecular formula is C43H44O9. The van der Waals surface area contributed by atoms with Gasteiger partial charge < -0.3 is 38.3 Å². The van der Waals surface area contributed by atoms with E-state index in [0.29, 0.717) is 11.3 Å². The first-order chi connectivity index (χ1) is 25.5. The van der Waals surface area contributed by atoms with Crippen LogP contribution in [0.2, 0.25) is 0 Å². The number of hydrogen-bond donors (Lipinski definition) is 1. The molecule has 52 heavy (non-hydrogen) atoms. The second-order valence-electron chi connectivity index (χ2n) is 12.5. The average Bonchev–Trinajstić information content (AvgIpc) is 3.20. The molecule has 0 spiro atoms. The van der Waals surface area contributed by atoms with Crippen molar-refractivity contribution >= 4 is 5.97 Å². The molecule has 270 valence electrons. The Bertz CT molecular complexity index is 1780. The predicted octanol–water partition coefficient (Wildman–Crippen LogP) is 6.95. The Morgan fingerprint density at radius 1 is 0.462 bits per heavy atom. The first-order valence-corrected chi connectivity index (χ1v) is 17.3. The largest absolute Gasteiger partial charge is 0.497 e. The normalized spacial score (nSPS) is 21.3. The van der Waals surface area contributed by atoms with Gasteiger partial charge in [-0.3, -0.25) is 0 Å². The maximum Gasteiger partial charge on any atom is 0.338 e. The summed E-state index contributed by atoms with van der Waals surface area (Å²) in [6.07, 6.45) is -6.19. The molecule has 1 N–H and O–H groups in total. The van der Waals surface area contributed by atoms with Crippen molar-refractivity contribution in [2.75, 3.05) is 14.2 Å². The number of benzene rings is 5. The summed E-state index contributed by atoms with van der Waals surface area (Å²) in [5.41, 5.74) is 3.90. The van der Waals surface area contributed by atoms with Gasteiger partial charge in [0.1, 0.15) is 42.0 Å². The van der Waals surface area contributed by atoms with E-state index in [-0.39, 0.29) is 26.4 Å². The fourth-order valence-electron chi connectivity index (χ4n) is 6.16. The first-order valence-electron chi connectivity index (χ1n) is 17.3. The Morgan fingerprint density at radius 2 is 0.808 bits per heavy atom. The Labute approximate surface area is 304 Å². The summed E-state index contributed by atoms with van der Waals surface area (Å²) in [6.45, 7) is 0.689. The van der Waals surface area contributed by atoms with Crippen molar-refractivity contribution in [3.8, 4) is 11.5 Å². The van der Waals surface area contributed by atoms with E-state index in [4.69, 9.17) is 33.2 Å². The van der Waals surface area contributed by atoms with Gasteiger partial charge in [-0.15, -0.1) is 0 Å². The maximum absolute atomic E-state index is 13.6. The van der Waals surface area contributed by atoms with Crippen molar-refractivity contribution in [3.05, 3.63) is 167 Å². The molecule has 1 fully saturated rings. The molecule has 0 aromatic heterocycles. The van der Waals surface area contributed by atoms with Gasteiger partial charge in [-0.1, -0.05) is 103 Å². The number of rotatable bonds is 16. The summed E-state index contributed by atoms with van der Waals surface area (Å²) in [7, 11) is 3.23.